The Morgan fingerprint density at radius 1 is 0.292 bits per heavy atom. The van der Waals surface area contributed by atoms with Crippen molar-refractivity contribution in [3.05, 3.63) is 232 Å². The van der Waals surface area contributed by atoms with Crippen LogP contribution in [0.25, 0.3) is 111 Å². The third-order valence-corrected chi connectivity index (χ3v) is 14.5. The van der Waals surface area contributed by atoms with Gasteiger partial charge in [0, 0.05) is 33.9 Å². The number of aromatic nitrogens is 3. The topological polar surface area (TPSA) is 46.5 Å². The standard InChI is InChI=1S/C68H54N4/c1-40-21-41(2)26-53(25-40)49-9-13-58-59-14-10-50(54-27-42(3)22-43(4)28-54)34-64(59)71(63(58)33-49)67-37-57(48-17-19-70-20-18-48)38-68(62(67)39-69)72-65-35-51(55-29-44(5)23-45(6)30-55)11-15-60(65)61-16-12-52(36-66(61)72)56-31-46(7)24-47(8)32-56/h9-38H,1-8H3. The third kappa shape index (κ3) is 7.75. The summed E-state index contributed by atoms with van der Waals surface area (Å²) in [4.78, 5) is 4.45. The van der Waals surface area contributed by atoms with E-state index < -0.39 is 0 Å². The molecular weight excluding hydrogens is 873 g/mol. The van der Waals surface area contributed by atoms with Crippen LogP contribution >= 0.6 is 0 Å². The number of rotatable bonds is 7. The van der Waals surface area contributed by atoms with Crippen LogP contribution in [0.3, 0.4) is 0 Å². The number of nitriles is 1. The van der Waals surface area contributed by atoms with Crippen LogP contribution < -0.4 is 0 Å². The van der Waals surface area contributed by atoms with Gasteiger partial charge in [-0.2, -0.15) is 5.26 Å². The molecule has 0 atom stereocenters. The van der Waals surface area contributed by atoms with Crippen molar-refractivity contribution in [1.82, 2.24) is 14.1 Å². The Morgan fingerprint density at radius 2 is 0.556 bits per heavy atom. The van der Waals surface area contributed by atoms with Crippen molar-refractivity contribution in [2.75, 3.05) is 0 Å². The van der Waals surface area contributed by atoms with Crippen molar-refractivity contribution in [2.45, 2.75) is 55.4 Å². The van der Waals surface area contributed by atoms with Crippen LogP contribution in [0.2, 0.25) is 0 Å². The number of nitrogens with zero attached hydrogens (tertiary/aromatic N) is 4. The molecule has 4 nitrogen and oxygen atoms in total. The molecule has 0 bridgehead atoms. The molecule has 0 spiro atoms. The first-order valence-corrected chi connectivity index (χ1v) is 24.9. The van der Waals surface area contributed by atoms with E-state index in [9.17, 15) is 5.26 Å². The lowest BCUT2D eigenvalue weighted by Gasteiger charge is -2.19. The maximum Gasteiger partial charge on any atom is 0.104 e. The summed E-state index contributed by atoms with van der Waals surface area (Å²) in [5.41, 5.74) is 27.2. The third-order valence-electron chi connectivity index (χ3n) is 14.5. The van der Waals surface area contributed by atoms with Gasteiger partial charge < -0.3 is 9.13 Å². The molecule has 4 heteroatoms. The van der Waals surface area contributed by atoms with Gasteiger partial charge in [-0.15, -0.1) is 0 Å². The van der Waals surface area contributed by atoms with Gasteiger partial charge in [0.1, 0.15) is 11.6 Å². The number of hydrogen-bond donors (Lipinski definition) is 0. The summed E-state index contributed by atoms with van der Waals surface area (Å²) in [6, 6.07) is 65.9. The van der Waals surface area contributed by atoms with Crippen LogP contribution in [0.4, 0.5) is 0 Å². The fourth-order valence-corrected chi connectivity index (χ4v) is 11.6. The van der Waals surface area contributed by atoms with Gasteiger partial charge in [0.2, 0.25) is 0 Å². The highest BCUT2D eigenvalue weighted by Crippen LogP contribution is 2.44. The number of fused-ring (bicyclic) bond motifs is 6. The van der Waals surface area contributed by atoms with Gasteiger partial charge in [0.25, 0.3) is 0 Å². The summed E-state index contributed by atoms with van der Waals surface area (Å²) < 4.78 is 4.73. The van der Waals surface area contributed by atoms with E-state index in [-0.39, 0.29) is 0 Å². The predicted molar refractivity (Wildman–Crippen MR) is 303 cm³/mol. The largest absolute Gasteiger partial charge is 0.308 e. The number of pyridine rings is 1. The molecule has 346 valence electrons. The van der Waals surface area contributed by atoms with E-state index in [0.29, 0.717) is 5.56 Å². The van der Waals surface area contributed by atoms with Crippen molar-refractivity contribution in [3.8, 4) is 73.1 Å². The second-order valence-corrected chi connectivity index (χ2v) is 20.3. The minimum absolute atomic E-state index is 0.576. The summed E-state index contributed by atoms with van der Waals surface area (Å²) in [5, 5.41) is 16.5. The Hall–Kier alpha value is -8.78. The smallest absolute Gasteiger partial charge is 0.104 e. The molecule has 0 unspecified atom stereocenters. The van der Waals surface area contributed by atoms with Crippen molar-refractivity contribution in [3.63, 3.8) is 0 Å². The van der Waals surface area contributed by atoms with Crippen LogP contribution in [-0.4, -0.2) is 14.1 Å². The van der Waals surface area contributed by atoms with Crippen LogP contribution in [0.1, 0.15) is 50.1 Å². The van der Waals surface area contributed by atoms with Crippen LogP contribution in [0, 0.1) is 66.7 Å². The zero-order valence-corrected chi connectivity index (χ0v) is 42.1. The molecule has 0 aliphatic rings. The fourth-order valence-electron chi connectivity index (χ4n) is 11.6. The van der Waals surface area contributed by atoms with Crippen molar-refractivity contribution >= 4 is 43.6 Å². The molecule has 3 aromatic heterocycles. The quantitative estimate of drug-likeness (QED) is 0.160. The molecule has 0 saturated heterocycles. The van der Waals surface area contributed by atoms with E-state index in [2.05, 4.69) is 245 Å². The zero-order chi connectivity index (χ0) is 49.5. The van der Waals surface area contributed by atoms with Gasteiger partial charge in [-0.1, -0.05) is 166 Å². The highest BCUT2D eigenvalue weighted by atomic mass is 15.0. The zero-order valence-electron chi connectivity index (χ0n) is 42.1. The number of benzene rings is 9. The van der Waals surface area contributed by atoms with Gasteiger partial charge >= 0.3 is 0 Å². The lowest BCUT2D eigenvalue weighted by molar-refractivity contribution is 1.12. The van der Waals surface area contributed by atoms with Gasteiger partial charge in [-0.3, -0.25) is 4.98 Å². The Balaban J connectivity index is 1.23. The second kappa shape index (κ2) is 17.3. The SMILES string of the molecule is Cc1cc(C)cc(-c2ccc3c4ccc(-c5cc(C)cc(C)c5)cc4n(-c4cc(-c5ccncc5)cc(-n5c6cc(-c7cc(C)cc(C)c7)ccc6c6ccc(-c7cc(C)cc(C)c7)cc65)c4C#N)c3c2)c1. The van der Waals surface area contributed by atoms with E-state index in [4.69, 9.17) is 0 Å². The van der Waals surface area contributed by atoms with E-state index in [1.165, 1.54) is 66.8 Å². The fraction of sp³-hybridized carbons (Fsp3) is 0.118. The minimum atomic E-state index is 0.576. The van der Waals surface area contributed by atoms with Gasteiger partial charge in [0.15, 0.2) is 0 Å². The molecule has 0 radical (unpaired) electrons. The van der Waals surface area contributed by atoms with E-state index in [1.807, 2.05) is 12.4 Å². The molecule has 0 saturated carbocycles. The lowest BCUT2D eigenvalue weighted by Crippen LogP contribution is -2.05. The molecule has 0 fully saturated rings. The average molecular weight is 927 g/mol. The molecule has 12 aromatic rings. The maximum absolute atomic E-state index is 12.0. The Morgan fingerprint density at radius 3 is 0.819 bits per heavy atom. The minimum Gasteiger partial charge on any atom is -0.308 e. The van der Waals surface area contributed by atoms with Crippen molar-refractivity contribution in [1.29, 1.82) is 5.26 Å². The Bertz CT molecular complexity index is 3700. The highest BCUT2D eigenvalue weighted by Gasteiger charge is 2.24. The molecule has 3 heterocycles. The summed E-state index contributed by atoms with van der Waals surface area (Å²) in [5.74, 6) is 0. The molecule has 0 N–H and O–H groups in total. The lowest BCUT2D eigenvalue weighted by atomic mass is 9.98. The van der Waals surface area contributed by atoms with Crippen molar-refractivity contribution in [2.24, 2.45) is 0 Å². The van der Waals surface area contributed by atoms with Crippen LogP contribution in [-0.2, 0) is 0 Å². The summed E-state index contributed by atoms with van der Waals surface area (Å²) in [6.07, 6.45) is 3.71. The predicted octanol–water partition coefficient (Wildman–Crippen LogP) is 17.9. The average Bonchev–Trinajstić information content (AvgIpc) is 3.86. The summed E-state index contributed by atoms with van der Waals surface area (Å²) in [7, 11) is 0. The van der Waals surface area contributed by atoms with Gasteiger partial charge in [0.05, 0.1) is 33.4 Å². The Labute approximate surface area is 421 Å². The molecule has 0 aliphatic carbocycles. The number of aryl methyl sites for hydroxylation is 8. The normalized spacial score (nSPS) is 11.6. The van der Waals surface area contributed by atoms with E-state index in [1.54, 1.807) is 0 Å². The maximum atomic E-state index is 12.0. The first kappa shape index (κ1) is 44.4. The Kier molecular flexibility index (Phi) is 10.7. The highest BCUT2D eigenvalue weighted by molar-refractivity contribution is 6.13. The molecule has 72 heavy (non-hydrogen) atoms. The monoisotopic (exact) mass is 926 g/mol. The molecule has 12 rings (SSSR count). The van der Waals surface area contributed by atoms with Crippen LogP contribution in [0.5, 0.6) is 0 Å². The first-order valence-electron chi connectivity index (χ1n) is 24.9. The summed E-state index contributed by atoms with van der Waals surface area (Å²) in [6.45, 7) is 17.3. The van der Waals surface area contributed by atoms with E-state index in [0.717, 1.165) is 88.4 Å². The van der Waals surface area contributed by atoms with Gasteiger partial charge in [-0.25, -0.2) is 0 Å². The summed E-state index contributed by atoms with van der Waals surface area (Å²) >= 11 is 0. The molecule has 0 aliphatic heterocycles. The first-order chi connectivity index (χ1) is 34.8. The van der Waals surface area contributed by atoms with Crippen molar-refractivity contribution < 1.29 is 0 Å². The van der Waals surface area contributed by atoms with Gasteiger partial charge in [-0.05, 0) is 160 Å². The van der Waals surface area contributed by atoms with E-state index >= 15 is 0 Å². The number of hydrogen-bond acceptors (Lipinski definition) is 2. The van der Waals surface area contributed by atoms with Crippen LogP contribution in [0.15, 0.2) is 182 Å². The molecule has 9 aromatic carbocycles. The second-order valence-electron chi connectivity index (χ2n) is 20.3. The molecule has 0 amide bonds. The molecular formula is C68H54N4.